The Morgan fingerprint density at radius 2 is 2.00 bits per heavy atom. The monoisotopic (exact) mass is 378 g/mol. The van der Waals surface area contributed by atoms with E-state index in [1.165, 1.54) is 5.56 Å². The Hall–Kier alpha value is -3.03. The van der Waals surface area contributed by atoms with Gasteiger partial charge in [-0.2, -0.15) is 0 Å². The van der Waals surface area contributed by atoms with Crippen LogP contribution >= 0.6 is 0 Å². The zero-order valence-corrected chi connectivity index (χ0v) is 15.5. The molecule has 3 N–H and O–H groups in total. The van der Waals surface area contributed by atoms with Gasteiger partial charge in [-0.15, -0.1) is 0 Å². The van der Waals surface area contributed by atoms with E-state index in [2.05, 4.69) is 20.9 Å². The average Bonchev–Trinajstić information content (AvgIpc) is 3.29. The number of fused-ring (bicyclic) bond motifs is 1. The number of imide groups is 1. The molecule has 5 rings (SSSR count). The van der Waals surface area contributed by atoms with E-state index >= 15 is 0 Å². The summed E-state index contributed by atoms with van der Waals surface area (Å²) in [7, 11) is 0. The van der Waals surface area contributed by atoms with Gasteiger partial charge >= 0.3 is 6.03 Å². The molecular formula is C20H22N6O2. The molecule has 1 aliphatic heterocycles. The largest absolute Gasteiger partial charge is 0.367 e. The molecule has 2 fully saturated rings. The number of carbonyl (C=O) groups is 2. The van der Waals surface area contributed by atoms with E-state index in [0.717, 1.165) is 49.2 Å². The maximum Gasteiger partial charge on any atom is 0.322 e. The van der Waals surface area contributed by atoms with Crippen LogP contribution in [0.2, 0.25) is 0 Å². The first-order valence-electron chi connectivity index (χ1n) is 9.83. The molecule has 1 saturated carbocycles. The average molecular weight is 378 g/mol. The van der Waals surface area contributed by atoms with Crippen molar-refractivity contribution in [2.45, 2.75) is 56.5 Å². The van der Waals surface area contributed by atoms with E-state index in [4.69, 9.17) is 9.97 Å². The Bertz CT molecular complexity index is 937. The Morgan fingerprint density at radius 1 is 1.14 bits per heavy atom. The molecule has 0 aromatic carbocycles. The Balaban J connectivity index is 1.37. The van der Waals surface area contributed by atoms with Gasteiger partial charge in [0, 0.05) is 35.3 Å². The summed E-state index contributed by atoms with van der Waals surface area (Å²) in [6.07, 6.45) is 9.44. The summed E-state index contributed by atoms with van der Waals surface area (Å²) >= 11 is 0. The minimum Gasteiger partial charge on any atom is -0.367 e. The van der Waals surface area contributed by atoms with Crippen LogP contribution in [-0.2, 0) is 17.6 Å². The third kappa shape index (κ3) is 2.89. The number of carbonyl (C=O) groups excluding carboxylic acids is 2. The van der Waals surface area contributed by atoms with E-state index in [1.807, 2.05) is 12.1 Å². The third-order valence-electron chi connectivity index (χ3n) is 6.05. The number of amides is 3. The molecule has 8 nitrogen and oxygen atoms in total. The van der Waals surface area contributed by atoms with Crippen LogP contribution in [0.5, 0.6) is 0 Å². The molecule has 28 heavy (non-hydrogen) atoms. The molecule has 8 heteroatoms. The number of nitrogens with one attached hydrogen (secondary N) is 3. The normalized spacial score (nSPS) is 26.1. The summed E-state index contributed by atoms with van der Waals surface area (Å²) in [6.45, 7) is 0. The highest BCUT2D eigenvalue weighted by Gasteiger charge is 2.48. The molecule has 3 heterocycles. The van der Waals surface area contributed by atoms with E-state index in [-0.39, 0.29) is 18.0 Å². The zero-order valence-electron chi connectivity index (χ0n) is 15.5. The lowest BCUT2D eigenvalue weighted by Crippen LogP contribution is -2.51. The van der Waals surface area contributed by atoms with Gasteiger partial charge in [-0.1, -0.05) is 0 Å². The van der Waals surface area contributed by atoms with Gasteiger partial charge in [0.25, 0.3) is 5.91 Å². The number of rotatable bonds is 3. The second-order valence-electron chi connectivity index (χ2n) is 7.83. The van der Waals surface area contributed by atoms with Gasteiger partial charge in [-0.3, -0.25) is 15.1 Å². The van der Waals surface area contributed by atoms with Crippen molar-refractivity contribution < 1.29 is 9.59 Å². The van der Waals surface area contributed by atoms with Crippen LogP contribution in [0, 0.1) is 0 Å². The molecule has 0 radical (unpaired) electrons. The van der Waals surface area contributed by atoms with Crippen LogP contribution in [0.25, 0.3) is 11.4 Å². The maximum atomic E-state index is 12.1. The van der Waals surface area contributed by atoms with Crippen molar-refractivity contribution in [1.29, 1.82) is 0 Å². The predicted octanol–water partition coefficient (Wildman–Crippen LogP) is 1.96. The molecule has 3 amide bonds. The van der Waals surface area contributed by atoms with Crippen LogP contribution in [0.3, 0.4) is 0 Å². The predicted molar refractivity (Wildman–Crippen MR) is 103 cm³/mol. The molecule has 2 aromatic heterocycles. The summed E-state index contributed by atoms with van der Waals surface area (Å²) in [6, 6.07) is 3.70. The lowest BCUT2D eigenvalue weighted by atomic mass is 9.79. The number of anilines is 1. The molecule has 144 valence electrons. The zero-order chi connectivity index (χ0) is 19.1. The number of pyridine rings is 1. The molecule has 0 bridgehead atoms. The molecule has 2 aromatic rings. The first kappa shape index (κ1) is 17.1. The van der Waals surface area contributed by atoms with Gasteiger partial charge in [-0.25, -0.2) is 14.8 Å². The number of hydrogen-bond donors (Lipinski definition) is 3. The molecule has 0 atom stereocenters. The summed E-state index contributed by atoms with van der Waals surface area (Å²) in [5.74, 6) is 1.41. The number of nitrogens with zero attached hydrogens (tertiary/aromatic N) is 3. The Morgan fingerprint density at radius 3 is 2.71 bits per heavy atom. The van der Waals surface area contributed by atoms with E-state index in [1.54, 1.807) is 12.4 Å². The highest BCUT2D eigenvalue weighted by molar-refractivity contribution is 6.07. The minimum absolute atomic E-state index is 0.197. The first-order chi connectivity index (χ1) is 13.6. The van der Waals surface area contributed by atoms with Crippen LogP contribution in [0.1, 0.15) is 43.4 Å². The van der Waals surface area contributed by atoms with Crippen molar-refractivity contribution in [3.63, 3.8) is 0 Å². The summed E-state index contributed by atoms with van der Waals surface area (Å²) in [5, 5.41) is 8.79. The number of hydrogen-bond acceptors (Lipinski definition) is 6. The molecule has 1 spiro atoms. The fourth-order valence-electron chi connectivity index (χ4n) is 4.50. The second kappa shape index (κ2) is 6.54. The SMILES string of the molecule is O=C1NC(=O)C2(CCC(Nc3nc(-c4cccnc4)nc4c3CCC4)CC2)N1. The molecule has 3 aliphatic rings. The van der Waals surface area contributed by atoms with Gasteiger partial charge in [0.15, 0.2) is 5.82 Å². The highest BCUT2D eigenvalue weighted by Crippen LogP contribution is 2.34. The third-order valence-corrected chi connectivity index (χ3v) is 6.05. The summed E-state index contributed by atoms with van der Waals surface area (Å²) in [4.78, 5) is 37.4. The maximum absolute atomic E-state index is 12.1. The fourth-order valence-corrected chi connectivity index (χ4v) is 4.50. The van der Waals surface area contributed by atoms with Crippen LogP contribution in [0.4, 0.5) is 10.6 Å². The van der Waals surface area contributed by atoms with Crippen molar-refractivity contribution >= 4 is 17.8 Å². The van der Waals surface area contributed by atoms with Crippen molar-refractivity contribution in [2.75, 3.05) is 5.32 Å². The summed E-state index contributed by atoms with van der Waals surface area (Å²) < 4.78 is 0. The second-order valence-corrected chi connectivity index (χ2v) is 7.83. The first-order valence-corrected chi connectivity index (χ1v) is 9.83. The minimum atomic E-state index is -0.732. The Kier molecular flexibility index (Phi) is 3.99. The number of aromatic nitrogens is 3. The fraction of sp³-hybridized carbons (Fsp3) is 0.450. The van der Waals surface area contributed by atoms with Crippen LogP contribution in [-0.4, -0.2) is 38.5 Å². The van der Waals surface area contributed by atoms with Gasteiger partial charge in [0.1, 0.15) is 11.4 Å². The standard InChI is InChI=1S/C20H22N6O2/c27-18-20(26-19(28)25-18)8-6-13(7-9-20)22-17-14-4-1-5-15(14)23-16(24-17)12-3-2-10-21-11-12/h2-3,10-11,13H,1,4-9H2,(H,22,23,24)(H2,25,26,27,28). The van der Waals surface area contributed by atoms with Gasteiger partial charge in [0.05, 0.1) is 0 Å². The summed E-state index contributed by atoms with van der Waals surface area (Å²) in [5.41, 5.74) is 2.50. The lowest BCUT2D eigenvalue weighted by Gasteiger charge is -2.35. The molecule has 2 aliphatic carbocycles. The number of urea groups is 1. The molecule has 1 saturated heterocycles. The van der Waals surface area contributed by atoms with Crippen molar-refractivity contribution in [1.82, 2.24) is 25.6 Å². The highest BCUT2D eigenvalue weighted by atomic mass is 16.2. The van der Waals surface area contributed by atoms with Crippen LogP contribution < -0.4 is 16.0 Å². The van der Waals surface area contributed by atoms with E-state index in [9.17, 15) is 9.59 Å². The van der Waals surface area contributed by atoms with Crippen molar-refractivity contribution in [3.05, 3.63) is 35.8 Å². The van der Waals surface area contributed by atoms with Gasteiger partial charge in [-0.05, 0) is 57.1 Å². The molecular weight excluding hydrogens is 356 g/mol. The van der Waals surface area contributed by atoms with Gasteiger partial charge < -0.3 is 10.6 Å². The topological polar surface area (TPSA) is 109 Å². The quantitative estimate of drug-likeness (QED) is 0.705. The molecule has 0 unspecified atom stereocenters. The lowest BCUT2D eigenvalue weighted by molar-refractivity contribution is -0.125. The van der Waals surface area contributed by atoms with Crippen molar-refractivity contribution in [2.24, 2.45) is 0 Å². The number of aryl methyl sites for hydroxylation is 1. The Labute approximate surface area is 162 Å². The van der Waals surface area contributed by atoms with Gasteiger partial charge in [0.2, 0.25) is 0 Å². The van der Waals surface area contributed by atoms with Crippen LogP contribution in [0.15, 0.2) is 24.5 Å². The van der Waals surface area contributed by atoms with E-state index in [0.29, 0.717) is 18.7 Å². The van der Waals surface area contributed by atoms with E-state index < -0.39 is 5.54 Å². The van der Waals surface area contributed by atoms with Crippen molar-refractivity contribution in [3.8, 4) is 11.4 Å². The smallest absolute Gasteiger partial charge is 0.322 e.